The van der Waals surface area contributed by atoms with Gasteiger partial charge in [0.2, 0.25) is 5.91 Å². The maximum Gasteiger partial charge on any atom is 0.219 e. The number of fused-ring (bicyclic) bond motifs is 1. The van der Waals surface area contributed by atoms with Crippen LogP contribution < -0.4 is 0 Å². The predicted molar refractivity (Wildman–Crippen MR) is 89.0 cm³/mol. The van der Waals surface area contributed by atoms with Crippen LogP contribution in [-0.4, -0.2) is 50.5 Å². The zero-order chi connectivity index (χ0) is 15.8. The number of nitrogens with zero attached hydrogens (tertiary/aromatic N) is 4. The van der Waals surface area contributed by atoms with Crippen molar-refractivity contribution < 1.29 is 4.79 Å². The summed E-state index contributed by atoms with van der Waals surface area (Å²) in [5, 5.41) is 4.44. The Hall–Kier alpha value is -1.88. The monoisotopic (exact) mass is 312 g/mol. The molecule has 0 unspecified atom stereocenters. The Balaban J connectivity index is 1.48. The van der Waals surface area contributed by atoms with Crippen LogP contribution in [0.2, 0.25) is 0 Å². The van der Waals surface area contributed by atoms with Gasteiger partial charge < -0.3 is 4.90 Å². The third kappa shape index (κ3) is 2.98. The number of hydrogen-bond acceptors (Lipinski definition) is 3. The number of amides is 1. The van der Waals surface area contributed by atoms with Gasteiger partial charge in [-0.05, 0) is 44.4 Å². The highest BCUT2D eigenvalue weighted by molar-refractivity contribution is 5.74. The van der Waals surface area contributed by atoms with Crippen LogP contribution in [0.3, 0.4) is 0 Å². The highest BCUT2D eigenvalue weighted by Gasteiger charge is 2.35. The molecule has 0 N–H and O–H groups in total. The summed E-state index contributed by atoms with van der Waals surface area (Å²) >= 11 is 0. The molecule has 1 amide bonds. The second kappa shape index (κ2) is 5.96. The summed E-state index contributed by atoms with van der Waals surface area (Å²) in [6.07, 6.45) is 8.75. The fourth-order valence-corrected chi connectivity index (χ4v) is 3.79. The van der Waals surface area contributed by atoms with E-state index >= 15 is 0 Å². The molecule has 122 valence electrons. The van der Waals surface area contributed by atoms with E-state index in [-0.39, 0.29) is 5.91 Å². The summed E-state index contributed by atoms with van der Waals surface area (Å²) in [7, 11) is 0. The van der Waals surface area contributed by atoms with Crippen LogP contribution >= 0.6 is 0 Å². The van der Waals surface area contributed by atoms with Crippen molar-refractivity contribution in [2.24, 2.45) is 0 Å². The van der Waals surface area contributed by atoms with Gasteiger partial charge in [-0.2, -0.15) is 5.10 Å². The first-order valence-corrected chi connectivity index (χ1v) is 8.65. The molecule has 4 rings (SSSR count). The van der Waals surface area contributed by atoms with Crippen molar-refractivity contribution in [1.82, 2.24) is 19.4 Å². The molecule has 0 bridgehead atoms. The van der Waals surface area contributed by atoms with Crippen molar-refractivity contribution in [3.8, 4) is 0 Å². The lowest BCUT2D eigenvalue weighted by Gasteiger charge is -2.30. The van der Waals surface area contributed by atoms with Gasteiger partial charge >= 0.3 is 0 Å². The number of aromatic nitrogens is 2. The number of hydrogen-bond donors (Lipinski definition) is 0. The van der Waals surface area contributed by atoms with Crippen molar-refractivity contribution in [1.29, 1.82) is 0 Å². The van der Waals surface area contributed by atoms with Crippen LogP contribution in [0.25, 0.3) is 5.52 Å². The molecule has 1 aliphatic carbocycles. The minimum absolute atomic E-state index is 0.232. The first-order valence-electron chi connectivity index (χ1n) is 8.65. The standard InChI is InChI=1S/C18H24N4O/c1-14(23)21(16-7-8-16)13-17-5-4-9-20(17)12-15-11-19-22-10-3-2-6-18(15)22/h2-3,6,10-11,16-17H,4-5,7-9,12-13H2,1H3/t17-/m0/s1. The van der Waals surface area contributed by atoms with E-state index in [1.807, 2.05) is 23.0 Å². The smallest absolute Gasteiger partial charge is 0.219 e. The normalized spacial score (nSPS) is 21.9. The Morgan fingerprint density at radius 3 is 3.00 bits per heavy atom. The quantitative estimate of drug-likeness (QED) is 0.851. The van der Waals surface area contributed by atoms with E-state index in [1.54, 1.807) is 6.92 Å². The lowest BCUT2D eigenvalue weighted by Crippen LogP contribution is -2.43. The van der Waals surface area contributed by atoms with Crippen LogP contribution in [0.4, 0.5) is 0 Å². The maximum atomic E-state index is 11.9. The molecule has 2 aliphatic rings. The van der Waals surface area contributed by atoms with E-state index in [1.165, 1.54) is 36.8 Å². The molecule has 0 radical (unpaired) electrons. The molecule has 5 heteroatoms. The molecule has 2 aromatic rings. The number of pyridine rings is 1. The lowest BCUT2D eigenvalue weighted by molar-refractivity contribution is -0.130. The van der Waals surface area contributed by atoms with Gasteiger partial charge in [-0.25, -0.2) is 4.52 Å². The first kappa shape index (κ1) is 14.7. The Labute approximate surface area is 136 Å². The number of carbonyl (C=O) groups excluding carboxylic acids is 1. The zero-order valence-corrected chi connectivity index (χ0v) is 13.7. The first-order chi connectivity index (χ1) is 11.2. The van der Waals surface area contributed by atoms with Crippen molar-refractivity contribution in [3.05, 3.63) is 36.2 Å². The summed E-state index contributed by atoms with van der Waals surface area (Å²) in [6.45, 7) is 4.64. The fourth-order valence-electron chi connectivity index (χ4n) is 3.79. The highest BCUT2D eigenvalue weighted by Crippen LogP contribution is 2.30. The molecular formula is C18H24N4O. The minimum atomic E-state index is 0.232. The van der Waals surface area contributed by atoms with E-state index < -0.39 is 0 Å². The van der Waals surface area contributed by atoms with Gasteiger partial charge in [-0.3, -0.25) is 9.69 Å². The maximum absolute atomic E-state index is 11.9. The topological polar surface area (TPSA) is 40.9 Å². The Kier molecular flexibility index (Phi) is 3.81. The van der Waals surface area contributed by atoms with Crippen LogP contribution in [0.1, 0.15) is 38.2 Å². The highest BCUT2D eigenvalue weighted by atomic mass is 16.2. The molecule has 0 spiro atoms. The van der Waals surface area contributed by atoms with E-state index in [4.69, 9.17) is 0 Å². The molecule has 3 heterocycles. The van der Waals surface area contributed by atoms with E-state index in [2.05, 4.69) is 27.0 Å². The van der Waals surface area contributed by atoms with Crippen molar-refractivity contribution >= 4 is 11.4 Å². The van der Waals surface area contributed by atoms with Gasteiger partial charge in [-0.1, -0.05) is 6.07 Å². The molecule has 0 aromatic carbocycles. The average molecular weight is 312 g/mol. The van der Waals surface area contributed by atoms with Gasteiger partial charge in [0.05, 0.1) is 11.7 Å². The summed E-state index contributed by atoms with van der Waals surface area (Å²) < 4.78 is 1.94. The van der Waals surface area contributed by atoms with Crippen LogP contribution in [-0.2, 0) is 11.3 Å². The van der Waals surface area contributed by atoms with Crippen LogP contribution in [0.5, 0.6) is 0 Å². The second-order valence-corrected chi connectivity index (χ2v) is 6.87. The van der Waals surface area contributed by atoms with Gasteiger partial charge in [-0.15, -0.1) is 0 Å². The summed E-state index contributed by atoms with van der Waals surface area (Å²) in [4.78, 5) is 16.5. The van der Waals surface area contributed by atoms with Crippen molar-refractivity contribution in [2.75, 3.05) is 13.1 Å². The predicted octanol–water partition coefficient (Wildman–Crippen LogP) is 2.31. The Morgan fingerprint density at radius 2 is 2.22 bits per heavy atom. The Bertz CT molecular complexity index is 706. The van der Waals surface area contributed by atoms with Gasteiger partial charge in [0.1, 0.15) is 0 Å². The second-order valence-electron chi connectivity index (χ2n) is 6.87. The number of carbonyl (C=O) groups is 1. The lowest BCUT2D eigenvalue weighted by atomic mass is 10.2. The van der Waals surface area contributed by atoms with E-state index in [9.17, 15) is 4.79 Å². The van der Waals surface area contributed by atoms with Crippen molar-refractivity contribution in [2.45, 2.75) is 51.2 Å². The summed E-state index contributed by atoms with van der Waals surface area (Å²) in [5.74, 6) is 0.232. The SMILES string of the molecule is CC(=O)N(C[C@@H]1CCCN1Cc1cnn2ccccc12)C1CC1. The van der Waals surface area contributed by atoms with E-state index in [0.29, 0.717) is 12.1 Å². The molecule has 1 saturated heterocycles. The average Bonchev–Trinajstić information content (AvgIpc) is 3.16. The van der Waals surface area contributed by atoms with Gasteiger partial charge in [0.25, 0.3) is 0 Å². The molecular weight excluding hydrogens is 288 g/mol. The van der Waals surface area contributed by atoms with Crippen LogP contribution in [0, 0.1) is 0 Å². The number of likely N-dealkylation sites (tertiary alicyclic amines) is 1. The summed E-state index contributed by atoms with van der Waals surface area (Å²) in [5.41, 5.74) is 2.46. The molecule has 23 heavy (non-hydrogen) atoms. The van der Waals surface area contributed by atoms with Gasteiger partial charge in [0.15, 0.2) is 0 Å². The minimum Gasteiger partial charge on any atom is -0.338 e. The Morgan fingerprint density at radius 1 is 1.35 bits per heavy atom. The fraction of sp³-hybridized carbons (Fsp3) is 0.556. The molecule has 1 aliphatic heterocycles. The van der Waals surface area contributed by atoms with Crippen molar-refractivity contribution in [3.63, 3.8) is 0 Å². The molecule has 2 aromatic heterocycles. The summed E-state index contributed by atoms with van der Waals surface area (Å²) in [6, 6.07) is 7.18. The molecule has 5 nitrogen and oxygen atoms in total. The third-order valence-corrected chi connectivity index (χ3v) is 5.18. The zero-order valence-electron chi connectivity index (χ0n) is 13.7. The van der Waals surface area contributed by atoms with E-state index in [0.717, 1.165) is 19.6 Å². The third-order valence-electron chi connectivity index (χ3n) is 5.18. The largest absolute Gasteiger partial charge is 0.338 e. The molecule has 1 atom stereocenters. The number of rotatable bonds is 5. The molecule has 2 fully saturated rings. The van der Waals surface area contributed by atoms with Gasteiger partial charge in [0, 0.05) is 43.9 Å². The molecule has 1 saturated carbocycles. The van der Waals surface area contributed by atoms with Crippen LogP contribution in [0.15, 0.2) is 30.6 Å².